The molecule has 0 saturated heterocycles. The molecule has 5 nitrogen and oxygen atoms in total. The molecule has 2 aromatic rings. The molecule has 6 heteroatoms. The number of anilines is 1. The minimum absolute atomic E-state index is 0.269. The molecule has 23 heavy (non-hydrogen) atoms. The fourth-order valence-electron chi connectivity index (χ4n) is 2.05. The van der Waals surface area contributed by atoms with Crippen LogP contribution in [0.4, 0.5) is 5.82 Å². The van der Waals surface area contributed by atoms with Gasteiger partial charge in [0, 0.05) is 18.1 Å². The largest absolute Gasteiger partial charge is 0.369 e. The Labute approximate surface area is 141 Å². The first-order chi connectivity index (χ1) is 11.2. The molecule has 0 radical (unpaired) electrons. The predicted molar refractivity (Wildman–Crippen MR) is 92.7 cm³/mol. The summed E-state index contributed by atoms with van der Waals surface area (Å²) in [5.41, 5.74) is 1.15. The van der Waals surface area contributed by atoms with Crippen LogP contribution >= 0.6 is 11.6 Å². The molecule has 1 amide bonds. The number of aromatic nitrogens is 2. The van der Waals surface area contributed by atoms with Crippen LogP contribution in [0.15, 0.2) is 36.4 Å². The Morgan fingerprint density at radius 3 is 2.65 bits per heavy atom. The molecular formula is C17H21ClN4O. The highest BCUT2D eigenvalue weighted by Crippen LogP contribution is 2.14. The lowest BCUT2D eigenvalue weighted by molar-refractivity contribution is 0.0945. The molecular weight excluding hydrogens is 312 g/mol. The first kappa shape index (κ1) is 17.2. The van der Waals surface area contributed by atoms with Crippen LogP contribution in [0.1, 0.15) is 42.2 Å². The van der Waals surface area contributed by atoms with Crippen LogP contribution in [0.3, 0.4) is 0 Å². The number of carbonyl (C=O) groups is 1. The lowest BCUT2D eigenvalue weighted by Gasteiger charge is -2.07. The monoisotopic (exact) mass is 332 g/mol. The van der Waals surface area contributed by atoms with E-state index in [1.807, 2.05) is 18.2 Å². The molecule has 2 rings (SSSR count). The third-order valence-corrected chi connectivity index (χ3v) is 3.75. The fourth-order valence-corrected chi connectivity index (χ4v) is 2.25. The maximum Gasteiger partial charge on any atom is 0.272 e. The number of nitrogens with one attached hydrogen (secondary N) is 2. The molecule has 1 heterocycles. The van der Waals surface area contributed by atoms with E-state index in [2.05, 4.69) is 27.8 Å². The molecule has 0 spiro atoms. The van der Waals surface area contributed by atoms with Crippen molar-refractivity contribution in [2.75, 3.05) is 11.9 Å². The van der Waals surface area contributed by atoms with Gasteiger partial charge in [-0.25, -0.2) is 0 Å². The topological polar surface area (TPSA) is 66.9 Å². The van der Waals surface area contributed by atoms with Crippen LogP contribution in [0.2, 0.25) is 5.02 Å². The number of benzene rings is 1. The number of rotatable bonds is 8. The zero-order valence-corrected chi connectivity index (χ0v) is 13.9. The van der Waals surface area contributed by atoms with Gasteiger partial charge in [0.05, 0.1) is 0 Å². The second-order valence-electron chi connectivity index (χ2n) is 5.21. The van der Waals surface area contributed by atoms with Crippen molar-refractivity contribution in [3.63, 3.8) is 0 Å². The van der Waals surface area contributed by atoms with Crippen molar-refractivity contribution in [3.8, 4) is 0 Å². The lowest BCUT2D eigenvalue weighted by Crippen LogP contribution is -2.24. The molecule has 0 bridgehead atoms. The van der Waals surface area contributed by atoms with Crippen LogP contribution in [-0.4, -0.2) is 22.6 Å². The van der Waals surface area contributed by atoms with E-state index >= 15 is 0 Å². The second kappa shape index (κ2) is 9.10. The highest BCUT2D eigenvalue weighted by molar-refractivity contribution is 6.31. The van der Waals surface area contributed by atoms with Crippen molar-refractivity contribution in [1.29, 1.82) is 0 Å². The number of hydrogen-bond acceptors (Lipinski definition) is 4. The van der Waals surface area contributed by atoms with Crippen molar-refractivity contribution >= 4 is 23.3 Å². The van der Waals surface area contributed by atoms with E-state index in [1.165, 1.54) is 12.8 Å². The van der Waals surface area contributed by atoms with E-state index in [9.17, 15) is 4.79 Å². The predicted octanol–water partition coefficient (Wildman–Crippen LogP) is 3.66. The van der Waals surface area contributed by atoms with Crippen LogP contribution in [-0.2, 0) is 6.54 Å². The summed E-state index contributed by atoms with van der Waals surface area (Å²) in [5, 5.41) is 14.6. The molecule has 0 aliphatic rings. The lowest BCUT2D eigenvalue weighted by atomic mass is 10.2. The smallest absolute Gasteiger partial charge is 0.272 e. The number of unbranched alkanes of at least 4 members (excludes halogenated alkanes) is 2. The highest BCUT2D eigenvalue weighted by Gasteiger charge is 2.08. The fraction of sp³-hybridized carbons (Fsp3) is 0.353. The highest BCUT2D eigenvalue weighted by atomic mass is 35.5. The number of hydrogen-bond donors (Lipinski definition) is 2. The summed E-state index contributed by atoms with van der Waals surface area (Å²) in [6, 6.07) is 10.8. The number of amides is 1. The van der Waals surface area contributed by atoms with Crippen molar-refractivity contribution in [2.24, 2.45) is 0 Å². The van der Waals surface area contributed by atoms with Gasteiger partial charge in [-0.05, 0) is 30.2 Å². The minimum atomic E-state index is -0.269. The van der Waals surface area contributed by atoms with Crippen molar-refractivity contribution in [2.45, 2.75) is 32.7 Å². The van der Waals surface area contributed by atoms with Gasteiger partial charge in [-0.3, -0.25) is 4.79 Å². The summed E-state index contributed by atoms with van der Waals surface area (Å²) in [6.45, 7) is 3.38. The third kappa shape index (κ3) is 5.53. The Hall–Kier alpha value is -2.14. The van der Waals surface area contributed by atoms with Crippen LogP contribution in [0.5, 0.6) is 0 Å². The molecule has 2 N–H and O–H groups in total. The van der Waals surface area contributed by atoms with Crippen LogP contribution in [0, 0.1) is 0 Å². The quantitative estimate of drug-likeness (QED) is 0.724. The summed E-state index contributed by atoms with van der Waals surface area (Å²) in [6.07, 6.45) is 3.46. The second-order valence-corrected chi connectivity index (χ2v) is 5.62. The Morgan fingerprint density at radius 1 is 1.13 bits per heavy atom. The summed E-state index contributed by atoms with van der Waals surface area (Å²) in [5.74, 6) is 0.415. The third-order valence-electron chi connectivity index (χ3n) is 3.38. The summed E-state index contributed by atoms with van der Waals surface area (Å²) >= 11 is 6.06. The molecule has 0 aliphatic heterocycles. The Bertz CT molecular complexity index is 631. The van der Waals surface area contributed by atoms with Gasteiger partial charge < -0.3 is 10.6 Å². The molecule has 1 aromatic carbocycles. The van der Waals surface area contributed by atoms with Gasteiger partial charge in [0.2, 0.25) is 0 Å². The van der Waals surface area contributed by atoms with Crippen molar-refractivity contribution < 1.29 is 4.79 Å². The van der Waals surface area contributed by atoms with E-state index in [0.717, 1.165) is 18.5 Å². The normalized spacial score (nSPS) is 10.3. The average molecular weight is 333 g/mol. The van der Waals surface area contributed by atoms with Crippen LogP contribution < -0.4 is 10.6 Å². The van der Waals surface area contributed by atoms with E-state index in [-0.39, 0.29) is 11.6 Å². The summed E-state index contributed by atoms with van der Waals surface area (Å²) in [4.78, 5) is 12.1. The number of halogens is 1. The van der Waals surface area contributed by atoms with Gasteiger partial charge >= 0.3 is 0 Å². The molecule has 0 fully saturated rings. The van der Waals surface area contributed by atoms with Gasteiger partial charge in [-0.2, -0.15) is 0 Å². The van der Waals surface area contributed by atoms with E-state index in [1.54, 1.807) is 18.2 Å². The SMILES string of the molecule is CCCCCNc1ccc(C(=O)NCc2ccccc2Cl)nn1. The van der Waals surface area contributed by atoms with Gasteiger partial charge in [0.25, 0.3) is 5.91 Å². The van der Waals surface area contributed by atoms with Crippen molar-refractivity contribution in [1.82, 2.24) is 15.5 Å². The Balaban J connectivity index is 1.84. The van der Waals surface area contributed by atoms with Gasteiger partial charge in [-0.1, -0.05) is 49.6 Å². The molecule has 0 unspecified atom stereocenters. The summed E-state index contributed by atoms with van der Waals surface area (Å²) in [7, 11) is 0. The number of carbonyl (C=O) groups excluding carboxylic acids is 1. The van der Waals surface area contributed by atoms with Crippen molar-refractivity contribution in [3.05, 3.63) is 52.7 Å². The van der Waals surface area contributed by atoms with Gasteiger partial charge in [0.1, 0.15) is 5.82 Å². The standard InChI is InChI=1S/C17H21ClN4O/c1-2-3-6-11-19-16-10-9-15(21-22-16)17(23)20-12-13-7-4-5-8-14(13)18/h4-5,7-10H,2-3,6,11-12H2,1H3,(H,19,22)(H,20,23). The molecule has 0 atom stereocenters. The zero-order valence-electron chi connectivity index (χ0n) is 13.2. The first-order valence-corrected chi connectivity index (χ1v) is 8.17. The zero-order chi connectivity index (χ0) is 16.5. The molecule has 122 valence electrons. The Kier molecular flexibility index (Phi) is 6.81. The summed E-state index contributed by atoms with van der Waals surface area (Å²) < 4.78 is 0. The molecule has 1 aromatic heterocycles. The van der Waals surface area contributed by atoms with Gasteiger partial charge in [-0.15, -0.1) is 10.2 Å². The Morgan fingerprint density at radius 2 is 1.96 bits per heavy atom. The molecule has 0 saturated carbocycles. The maximum absolute atomic E-state index is 12.1. The van der Waals surface area contributed by atoms with E-state index in [4.69, 9.17) is 11.6 Å². The first-order valence-electron chi connectivity index (χ1n) is 7.80. The average Bonchev–Trinajstić information content (AvgIpc) is 2.58. The number of nitrogens with zero attached hydrogens (tertiary/aromatic N) is 2. The molecule has 0 aliphatic carbocycles. The van der Waals surface area contributed by atoms with Gasteiger partial charge in [0.15, 0.2) is 5.69 Å². The van der Waals surface area contributed by atoms with E-state index < -0.39 is 0 Å². The maximum atomic E-state index is 12.1. The van der Waals surface area contributed by atoms with Crippen LogP contribution in [0.25, 0.3) is 0 Å². The minimum Gasteiger partial charge on any atom is -0.369 e. The van der Waals surface area contributed by atoms with E-state index in [0.29, 0.717) is 17.4 Å².